The Kier molecular flexibility index (Phi) is 3.16. The second-order valence-electron chi connectivity index (χ2n) is 3.88. The first kappa shape index (κ1) is 11.4. The van der Waals surface area contributed by atoms with Crippen molar-refractivity contribution in [1.82, 2.24) is 5.32 Å². The van der Waals surface area contributed by atoms with Gasteiger partial charge < -0.3 is 10.1 Å². The maximum atomic E-state index is 13.4. The molecule has 0 spiro atoms. The van der Waals surface area contributed by atoms with Crippen molar-refractivity contribution in [1.29, 1.82) is 0 Å². The molecule has 2 rings (SSSR count). The second-order valence-corrected chi connectivity index (χ2v) is 3.88. The average molecular weight is 231 g/mol. The first-order chi connectivity index (χ1) is 7.58. The number of benzene rings is 1. The van der Waals surface area contributed by atoms with Gasteiger partial charge in [-0.2, -0.15) is 0 Å². The molecule has 0 radical (unpaired) electrons. The van der Waals surface area contributed by atoms with Gasteiger partial charge in [0.1, 0.15) is 5.82 Å². The van der Waals surface area contributed by atoms with E-state index in [1.807, 2.05) is 6.92 Å². The minimum atomic E-state index is -1.18. The van der Waals surface area contributed by atoms with E-state index in [1.165, 1.54) is 0 Å². The van der Waals surface area contributed by atoms with Gasteiger partial charge in [0, 0.05) is 24.7 Å². The molecule has 2 unspecified atom stereocenters. The van der Waals surface area contributed by atoms with E-state index in [0.717, 1.165) is 6.07 Å². The van der Waals surface area contributed by atoms with E-state index >= 15 is 0 Å². The zero-order chi connectivity index (χ0) is 11.7. The van der Waals surface area contributed by atoms with E-state index in [2.05, 4.69) is 5.32 Å². The van der Waals surface area contributed by atoms with Crippen molar-refractivity contribution in [3.05, 3.63) is 35.1 Å². The Labute approximate surface area is 91.4 Å². The van der Waals surface area contributed by atoms with Crippen molar-refractivity contribution >= 4 is 0 Å². The third-order valence-electron chi connectivity index (χ3n) is 2.54. The molecule has 0 bridgehead atoms. The van der Waals surface area contributed by atoms with Crippen LogP contribution in [-0.2, 0) is 4.74 Å². The normalized spacial score (nSPS) is 25.8. The molecular formula is C11H12F3NO. The van der Waals surface area contributed by atoms with Crippen LogP contribution in [0.4, 0.5) is 13.2 Å². The molecule has 1 aliphatic rings. The molecule has 1 N–H and O–H groups in total. The molecule has 0 aromatic heterocycles. The van der Waals surface area contributed by atoms with Crippen LogP contribution in [0.15, 0.2) is 12.1 Å². The highest BCUT2D eigenvalue weighted by Crippen LogP contribution is 2.25. The largest absolute Gasteiger partial charge is 0.368 e. The molecule has 1 fully saturated rings. The lowest BCUT2D eigenvalue weighted by molar-refractivity contribution is -0.0305. The van der Waals surface area contributed by atoms with Crippen molar-refractivity contribution in [2.24, 2.45) is 0 Å². The summed E-state index contributed by atoms with van der Waals surface area (Å²) in [6.07, 6.45) is -0.648. The molecule has 16 heavy (non-hydrogen) atoms. The first-order valence-electron chi connectivity index (χ1n) is 5.08. The maximum absolute atomic E-state index is 13.4. The second kappa shape index (κ2) is 4.43. The SMILES string of the molecule is CC1CNCC(c2cc(F)c(F)cc2F)O1. The van der Waals surface area contributed by atoms with Crippen LogP contribution in [0.5, 0.6) is 0 Å². The summed E-state index contributed by atoms with van der Waals surface area (Å²) in [6.45, 7) is 2.89. The summed E-state index contributed by atoms with van der Waals surface area (Å²) in [7, 11) is 0. The predicted molar refractivity (Wildman–Crippen MR) is 52.5 cm³/mol. The number of ether oxygens (including phenoxy) is 1. The van der Waals surface area contributed by atoms with E-state index in [1.54, 1.807) is 0 Å². The predicted octanol–water partition coefficient (Wildman–Crippen LogP) is 2.15. The fraction of sp³-hybridized carbons (Fsp3) is 0.455. The van der Waals surface area contributed by atoms with Crippen LogP contribution in [-0.4, -0.2) is 19.2 Å². The number of halogens is 3. The fourth-order valence-electron chi connectivity index (χ4n) is 1.76. The van der Waals surface area contributed by atoms with E-state index in [-0.39, 0.29) is 11.7 Å². The van der Waals surface area contributed by atoms with Gasteiger partial charge in [0.2, 0.25) is 0 Å². The zero-order valence-corrected chi connectivity index (χ0v) is 8.77. The highest BCUT2D eigenvalue weighted by molar-refractivity contribution is 5.23. The van der Waals surface area contributed by atoms with E-state index in [4.69, 9.17) is 4.74 Å². The van der Waals surface area contributed by atoms with Gasteiger partial charge in [-0.15, -0.1) is 0 Å². The van der Waals surface area contributed by atoms with Gasteiger partial charge >= 0.3 is 0 Å². The molecule has 2 atom stereocenters. The summed E-state index contributed by atoms with van der Waals surface area (Å²) in [5.74, 6) is -3.02. The highest BCUT2D eigenvalue weighted by Gasteiger charge is 2.24. The van der Waals surface area contributed by atoms with Gasteiger partial charge in [0.15, 0.2) is 11.6 Å². The Bertz CT molecular complexity index is 397. The molecule has 0 amide bonds. The zero-order valence-electron chi connectivity index (χ0n) is 8.77. The average Bonchev–Trinajstić information content (AvgIpc) is 2.23. The summed E-state index contributed by atoms with van der Waals surface area (Å²) >= 11 is 0. The third kappa shape index (κ3) is 2.20. The standard InChI is InChI=1S/C11H12F3NO/c1-6-4-15-5-11(16-6)7-2-9(13)10(14)3-8(7)12/h2-3,6,11,15H,4-5H2,1H3. The lowest BCUT2D eigenvalue weighted by Gasteiger charge is -2.29. The van der Waals surface area contributed by atoms with Crippen LogP contribution in [0.1, 0.15) is 18.6 Å². The van der Waals surface area contributed by atoms with Gasteiger partial charge in [-0.05, 0) is 13.0 Å². The van der Waals surface area contributed by atoms with Gasteiger partial charge in [-0.25, -0.2) is 13.2 Å². The maximum Gasteiger partial charge on any atom is 0.161 e. The minimum Gasteiger partial charge on any atom is -0.368 e. The molecule has 1 heterocycles. The van der Waals surface area contributed by atoms with Gasteiger partial charge in [0.05, 0.1) is 12.2 Å². The number of hydrogen-bond donors (Lipinski definition) is 1. The van der Waals surface area contributed by atoms with Crippen LogP contribution in [0.25, 0.3) is 0 Å². The number of rotatable bonds is 1. The molecule has 0 aliphatic carbocycles. The lowest BCUT2D eigenvalue weighted by Crippen LogP contribution is -2.39. The van der Waals surface area contributed by atoms with E-state index < -0.39 is 23.6 Å². The molecule has 1 aromatic carbocycles. The van der Waals surface area contributed by atoms with Gasteiger partial charge in [-0.3, -0.25) is 0 Å². The van der Waals surface area contributed by atoms with Crippen molar-refractivity contribution in [2.45, 2.75) is 19.1 Å². The number of nitrogens with one attached hydrogen (secondary N) is 1. The van der Waals surface area contributed by atoms with Crippen LogP contribution >= 0.6 is 0 Å². The molecule has 1 aromatic rings. The molecule has 2 nitrogen and oxygen atoms in total. The first-order valence-corrected chi connectivity index (χ1v) is 5.08. The topological polar surface area (TPSA) is 21.3 Å². The van der Waals surface area contributed by atoms with Crippen molar-refractivity contribution in [3.63, 3.8) is 0 Å². The van der Waals surface area contributed by atoms with Crippen molar-refractivity contribution in [3.8, 4) is 0 Å². The van der Waals surface area contributed by atoms with Crippen molar-refractivity contribution in [2.75, 3.05) is 13.1 Å². The van der Waals surface area contributed by atoms with Crippen LogP contribution in [0, 0.1) is 17.5 Å². The van der Waals surface area contributed by atoms with E-state index in [9.17, 15) is 13.2 Å². The molecule has 1 aliphatic heterocycles. The van der Waals surface area contributed by atoms with Gasteiger partial charge in [-0.1, -0.05) is 0 Å². The fourth-order valence-corrected chi connectivity index (χ4v) is 1.76. The Hall–Kier alpha value is -1.07. The lowest BCUT2D eigenvalue weighted by atomic mass is 10.1. The minimum absolute atomic E-state index is 0.0537. The summed E-state index contributed by atoms with van der Waals surface area (Å²) in [4.78, 5) is 0. The molecular weight excluding hydrogens is 219 g/mol. The summed E-state index contributed by atoms with van der Waals surface area (Å²) in [5, 5.41) is 3.04. The Morgan fingerprint density at radius 2 is 1.81 bits per heavy atom. The van der Waals surface area contributed by atoms with Crippen LogP contribution < -0.4 is 5.32 Å². The molecule has 88 valence electrons. The number of hydrogen-bond acceptors (Lipinski definition) is 2. The quantitative estimate of drug-likeness (QED) is 0.748. The summed E-state index contributed by atoms with van der Waals surface area (Å²) in [6, 6.07) is 1.41. The third-order valence-corrected chi connectivity index (χ3v) is 2.54. The van der Waals surface area contributed by atoms with Crippen LogP contribution in [0.2, 0.25) is 0 Å². The summed E-state index contributed by atoms with van der Waals surface area (Å²) in [5.41, 5.74) is 0.0537. The number of morpholine rings is 1. The van der Waals surface area contributed by atoms with Crippen LogP contribution in [0.3, 0.4) is 0 Å². The Balaban J connectivity index is 2.29. The van der Waals surface area contributed by atoms with Crippen molar-refractivity contribution < 1.29 is 17.9 Å². The van der Waals surface area contributed by atoms with Gasteiger partial charge in [0.25, 0.3) is 0 Å². The highest BCUT2D eigenvalue weighted by atomic mass is 19.2. The van der Waals surface area contributed by atoms with E-state index in [0.29, 0.717) is 19.2 Å². The Morgan fingerprint density at radius 1 is 1.12 bits per heavy atom. The Morgan fingerprint density at radius 3 is 2.50 bits per heavy atom. The summed E-state index contributed by atoms with van der Waals surface area (Å²) < 4.78 is 44.6. The molecule has 1 saturated heterocycles. The smallest absolute Gasteiger partial charge is 0.161 e. The molecule has 5 heteroatoms. The molecule has 0 saturated carbocycles. The monoisotopic (exact) mass is 231 g/mol.